The molecule has 0 saturated carbocycles. The molecular weight excluding hydrogens is 238 g/mol. The molecule has 0 radical (unpaired) electrons. The van der Waals surface area contributed by atoms with Gasteiger partial charge in [-0.05, 0) is 18.9 Å². The molecule has 0 bridgehead atoms. The van der Waals surface area contributed by atoms with Crippen molar-refractivity contribution in [3.05, 3.63) is 23.7 Å². The van der Waals surface area contributed by atoms with Crippen molar-refractivity contribution in [2.45, 2.75) is 39.0 Å². The molecule has 1 atom stereocenters. The number of amides is 1. The molecule has 0 aliphatic heterocycles. The van der Waals surface area contributed by atoms with Crippen LogP contribution in [0.5, 0.6) is 0 Å². The number of halogens is 1. The number of carbonyl (C=O) groups is 1. The highest BCUT2D eigenvalue weighted by atomic mass is 35.5. The average molecular weight is 258 g/mol. The van der Waals surface area contributed by atoms with Gasteiger partial charge in [0.15, 0.2) is 5.76 Å². The molecule has 0 fully saturated rings. The van der Waals surface area contributed by atoms with Crippen LogP contribution < -0.4 is 5.32 Å². The lowest BCUT2D eigenvalue weighted by molar-refractivity contribution is 0.0923. The zero-order valence-electron chi connectivity index (χ0n) is 10.6. The van der Waals surface area contributed by atoms with Gasteiger partial charge in [0.1, 0.15) is 0 Å². The van der Waals surface area contributed by atoms with Crippen molar-refractivity contribution in [2.75, 3.05) is 6.54 Å². The summed E-state index contributed by atoms with van der Waals surface area (Å²) in [7, 11) is 0. The Kier molecular flexibility index (Phi) is 5.56. The van der Waals surface area contributed by atoms with Gasteiger partial charge >= 0.3 is 0 Å². The van der Waals surface area contributed by atoms with E-state index in [0.717, 1.165) is 18.4 Å². The van der Waals surface area contributed by atoms with E-state index in [1.165, 1.54) is 6.26 Å². The molecule has 1 rings (SSSR count). The molecule has 0 aromatic carbocycles. The van der Waals surface area contributed by atoms with E-state index in [9.17, 15) is 4.79 Å². The molecule has 1 aromatic rings. The van der Waals surface area contributed by atoms with Gasteiger partial charge in [-0.1, -0.05) is 26.7 Å². The van der Waals surface area contributed by atoms with Crippen molar-refractivity contribution in [2.24, 2.45) is 5.92 Å². The Hall–Kier alpha value is -0.960. The zero-order chi connectivity index (χ0) is 12.8. The average Bonchev–Trinajstić information content (AvgIpc) is 2.74. The zero-order valence-corrected chi connectivity index (χ0v) is 11.4. The first kappa shape index (κ1) is 14.1. The molecule has 0 aliphatic rings. The molecule has 1 amide bonds. The first-order chi connectivity index (χ1) is 8.10. The van der Waals surface area contributed by atoms with Crippen LogP contribution in [0.15, 0.2) is 16.7 Å². The SMILES string of the molecule is CCC(CC)C(Cl)CNC(=O)c1occc1C. The minimum Gasteiger partial charge on any atom is -0.459 e. The molecule has 1 heterocycles. The number of furan rings is 1. The number of carbonyl (C=O) groups excluding carboxylic acids is 1. The highest BCUT2D eigenvalue weighted by Gasteiger charge is 2.18. The first-order valence-electron chi connectivity index (χ1n) is 6.06. The predicted octanol–water partition coefficient (Wildman–Crippen LogP) is 3.36. The van der Waals surface area contributed by atoms with E-state index in [2.05, 4.69) is 19.2 Å². The smallest absolute Gasteiger partial charge is 0.287 e. The summed E-state index contributed by atoms with van der Waals surface area (Å²) in [6, 6.07) is 1.77. The van der Waals surface area contributed by atoms with Crippen LogP contribution in [-0.2, 0) is 0 Å². The molecule has 4 heteroatoms. The Bertz CT molecular complexity index is 358. The summed E-state index contributed by atoms with van der Waals surface area (Å²) in [6.45, 7) is 6.55. The molecule has 96 valence electrons. The van der Waals surface area contributed by atoms with E-state index in [-0.39, 0.29) is 11.3 Å². The number of hydrogen-bond acceptors (Lipinski definition) is 2. The van der Waals surface area contributed by atoms with Crippen LogP contribution >= 0.6 is 11.6 Å². The number of alkyl halides is 1. The van der Waals surface area contributed by atoms with Crippen LogP contribution in [0.25, 0.3) is 0 Å². The Morgan fingerprint density at radius 2 is 2.12 bits per heavy atom. The van der Waals surface area contributed by atoms with Crippen LogP contribution in [0, 0.1) is 12.8 Å². The number of rotatable bonds is 6. The lowest BCUT2D eigenvalue weighted by atomic mass is 9.99. The van der Waals surface area contributed by atoms with Crippen molar-refractivity contribution in [3.8, 4) is 0 Å². The predicted molar refractivity (Wildman–Crippen MR) is 69.5 cm³/mol. The Balaban J connectivity index is 2.46. The van der Waals surface area contributed by atoms with E-state index >= 15 is 0 Å². The summed E-state index contributed by atoms with van der Waals surface area (Å²) in [5.41, 5.74) is 0.844. The topological polar surface area (TPSA) is 42.2 Å². The third-order valence-electron chi connectivity index (χ3n) is 3.09. The summed E-state index contributed by atoms with van der Waals surface area (Å²) in [5.74, 6) is 0.622. The quantitative estimate of drug-likeness (QED) is 0.794. The largest absolute Gasteiger partial charge is 0.459 e. The van der Waals surface area contributed by atoms with Gasteiger partial charge in [0, 0.05) is 12.1 Å². The third-order valence-corrected chi connectivity index (χ3v) is 3.60. The summed E-state index contributed by atoms with van der Waals surface area (Å²) in [5, 5.41) is 2.79. The lowest BCUT2D eigenvalue weighted by Crippen LogP contribution is -2.33. The van der Waals surface area contributed by atoms with Crippen molar-refractivity contribution in [1.82, 2.24) is 5.32 Å². The number of hydrogen-bond donors (Lipinski definition) is 1. The van der Waals surface area contributed by atoms with Crippen molar-refractivity contribution in [1.29, 1.82) is 0 Å². The fourth-order valence-corrected chi connectivity index (χ4v) is 2.28. The van der Waals surface area contributed by atoms with Gasteiger partial charge < -0.3 is 9.73 Å². The van der Waals surface area contributed by atoms with Crippen LogP contribution in [0.1, 0.15) is 42.8 Å². The molecule has 3 nitrogen and oxygen atoms in total. The van der Waals surface area contributed by atoms with E-state index in [0.29, 0.717) is 18.2 Å². The standard InChI is InChI=1S/C13H20ClNO2/c1-4-10(5-2)11(14)8-15-13(16)12-9(3)6-7-17-12/h6-7,10-11H,4-5,8H2,1-3H3,(H,15,16). The lowest BCUT2D eigenvalue weighted by Gasteiger charge is -2.19. The number of aryl methyl sites for hydroxylation is 1. The van der Waals surface area contributed by atoms with Gasteiger partial charge in [0.25, 0.3) is 5.91 Å². The second-order valence-corrected chi connectivity index (χ2v) is 4.80. The van der Waals surface area contributed by atoms with Crippen molar-refractivity contribution < 1.29 is 9.21 Å². The van der Waals surface area contributed by atoms with Crippen LogP contribution in [0.2, 0.25) is 0 Å². The Morgan fingerprint density at radius 3 is 2.59 bits per heavy atom. The summed E-state index contributed by atoms with van der Waals surface area (Å²) < 4.78 is 5.12. The number of nitrogens with one attached hydrogen (secondary N) is 1. The van der Waals surface area contributed by atoms with Gasteiger partial charge in [0.05, 0.1) is 11.6 Å². The highest BCUT2D eigenvalue weighted by Crippen LogP contribution is 2.18. The van der Waals surface area contributed by atoms with Crippen LogP contribution in [0.4, 0.5) is 0 Å². The molecule has 0 spiro atoms. The second kappa shape index (κ2) is 6.70. The first-order valence-corrected chi connectivity index (χ1v) is 6.50. The Morgan fingerprint density at radius 1 is 1.47 bits per heavy atom. The molecule has 0 aliphatic carbocycles. The molecule has 0 saturated heterocycles. The van der Waals surface area contributed by atoms with Crippen molar-refractivity contribution in [3.63, 3.8) is 0 Å². The fraction of sp³-hybridized carbons (Fsp3) is 0.615. The van der Waals surface area contributed by atoms with Gasteiger partial charge in [0.2, 0.25) is 0 Å². The molecular formula is C13H20ClNO2. The van der Waals surface area contributed by atoms with Crippen molar-refractivity contribution >= 4 is 17.5 Å². The van der Waals surface area contributed by atoms with E-state index in [1.807, 2.05) is 6.92 Å². The molecule has 1 unspecified atom stereocenters. The van der Waals surface area contributed by atoms with Crippen LogP contribution in [0.3, 0.4) is 0 Å². The second-order valence-electron chi connectivity index (χ2n) is 4.24. The minimum atomic E-state index is -0.191. The normalized spacial score (nSPS) is 12.8. The third kappa shape index (κ3) is 3.77. The summed E-state index contributed by atoms with van der Waals surface area (Å²) in [4.78, 5) is 11.8. The Labute approximate surface area is 108 Å². The maximum Gasteiger partial charge on any atom is 0.287 e. The van der Waals surface area contributed by atoms with Crippen LogP contribution in [-0.4, -0.2) is 17.8 Å². The van der Waals surface area contributed by atoms with Gasteiger partial charge in [-0.3, -0.25) is 4.79 Å². The van der Waals surface area contributed by atoms with Gasteiger partial charge in [-0.15, -0.1) is 11.6 Å². The summed E-state index contributed by atoms with van der Waals surface area (Å²) in [6.07, 6.45) is 3.57. The molecule has 1 aromatic heterocycles. The van der Waals surface area contributed by atoms with E-state index in [4.69, 9.17) is 16.0 Å². The summed E-state index contributed by atoms with van der Waals surface area (Å²) >= 11 is 6.25. The monoisotopic (exact) mass is 257 g/mol. The molecule has 1 N–H and O–H groups in total. The van der Waals surface area contributed by atoms with E-state index < -0.39 is 0 Å². The molecule has 17 heavy (non-hydrogen) atoms. The van der Waals surface area contributed by atoms with Gasteiger partial charge in [-0.2, -0.15) is 0 Å². The fourth-order valence-electron chi connectivity index (χ4n) is 1.84. The minimum absolute atomic E-state index is 0.0239. The maximum atomic E-state index is 11.8. The van der Waals surface area contributed by atoms with E-state index in [1.54, 1.807) is 6.07 Å². The van der Waals surface area contributed by atoms with Gasteiger partial charge in [-0.25, -0.2) is 0 Å². The maximum absolute atomic E-state index is 11.8. The highest BCUT2D eigenvalue weighted by molar-refractivity contribution is 6.21.